The minimum Gasteiger partial charge on any atom is -0.379 e. The topological polar surface area (TPSA) is 79.6 Å². The van der Waals surface area contributed by atoms with Crippen molar-refractivity contribution in [1.29, 1.82) is 0 Å². The van der Waals surface area contributed by atoms with Crippen LogP contribution in [0, 0.1) is 12.8 Å². The van der Waals surface area contributed by atoms with Gasteiger partial charge in [-0.2, -0.15) is 0 Å². The monoisotopic (exact) mass is 407 g/mol. The average Bonchev–Trinajstić information content (AvgIpc) is 3.07. The normalized spacial score (nSPS) is 17.0. The Kier molecular flexibility index (Phi) is 10.4. The Morgan fingerprint density at radius 1 is 1.14 bits per heavy atom. The van der Waals surface area contributed by atoms with Crippen LogP contribution in [0.25, 0.3) is 0 Å². The first-order chi connectivity index (χ1) is 14.1. The fourth-order valence-electron chi connectivity index (χ4n) is 3.83. The highest BCUT2D eigenvalue weighted by Gasteiger charge is 2.27. The number of rotatable bonds is 11. The van der Waals surface area contributed by atoms with Crippen LogP contribution in [0.4, 0.5) is 0 Å². The van der Waals surface area contributed by atoms with Gasteiger partial charge >= 0.3 is 0 Å². The summed E-state index contributed by atoms with van der Waals surface area (Å²) in [5.74, 6) is 3.32. The Bertz CT molecular complexity index is 606. The molecule has 1 unspecified atom stereocenters. The minimum atomic E-state index is 0.490. The molecule has 1 saturated heterocycles. The minimum absolute atomic E-state index is 0.490. The molecule has 166 valence electrons. The van der Waals surface area contributed by atoms with Gasteiger partial charge in [0.15, 0.2) is 11.8 Å². The molecule has 1 aromatic rings. The standard InChI is InChI=1S/C21H41N7O/c1-6-9-10-22-21(24-16-20-26-25-17(4)27(20)5)23-15-19(18(7-2)8-3)28-11-13-29-14-12-28/h18-19H,6-16H2,1-5H3,(H2,22,23,24). The van der Waals surface area contributed by atoms with Gasteiger partial charge in [0.2, 0.25) is 0 Å². The summed E-state index contributed by atoms with van der Waals surface area (Å²) in [5.41, 5.74) is 0. The fraction of sp³-hybridized carbons (Fsp3) is 0.857. The van der Waals surface area contributed by atoms with Gasteiger partial charge in [-0.3, -0.25) is 4.90 Å². The van der Waals surface area contributed by atoms with E-state index in [2.05, 4.69) is 46.5 Å². The number of guanidine groups is 1. The molecule has 2 heterocycles. The predicted octanol–water partition coefficient (Wildman–Crippen LogP) is 2.10. The van der Waals surface area contributed by atoms with Crippen molar-refractivity contribution in [2.24, 2.45) is 18.0 Å². The van der Waals surface area contributed by atoms with E-state index in [1.807, 2.05) is 18.5 Å². The molecule has 0 spiro atoms. The summed E-state index contributed by atoms with van der Waals surface area (Å²) < 4.78 is 7.57. The van der Waals surface area contributed by atoms with Gasteiger partial charge in [-0.15, -0.1) is 10.2 Å². The number of hydrogen-bond acceptors (Lipinski definition) is 5. The molecule has 0 saturated carbocycles. The van der Waals surface area contributed by atoms with E-state index in [4.69, 9.17) is 9.73 Å². The summed E-state index contributed by atoms with van der Waals surface area (Å²) in [6.45, 7) is 14.8. The Balaban J connectivity index is 2.05. The van der Waals surface area contributed by atoms with Crippen LogP contribution in [0.2, 0.25) is 0 Å². The molecular formula is C21H41N7O. The summed E-state index contributed by atoms with van der Waals surface area (Å²) in [4.78, 5) is 7.38. The Morgan fingerprint density at radius 2 is 1.86 bits per heavy atom. The van der Waals surface area contributed by atoms with Crippen molar-refractivity contribution in [1.82, 2.24) is 30.3 Å². The van der Waals surface area contributed by atoms with Crippen molar-refractivity contribution in [3.05, 3.63) is 11.6 Å². The van der Waals surface area contributed by atoms with Crippen molar-refractivity contribution in [3.8, 4) is 0 Å². The van der Waals surface area contributed by atoms with Crippen LogP contribution in [0.3, 0.4) is 0 Å². The van der Waals surface area contributed by atoms with Gasteiger partial charge < -0.3 is 19.9 Å². The van der Waals surface area contributed by atoms with Gasteiger partial charge in [0.05, 0.1) is 13.2 Å². The molecule has 1 atom stereocenters. The molecule has 0 bridgehead atoms. The maximum absolute atomic E-state index is 5.58. The van der Waals surface area contributed by atoms with Crippen LogP contribution in [-0.2, 0) is 18.3 Å². The van der Waals surface area contributed by atoms with E-state index in [1.54, 1.807) is 0 Å². The van der Waals surface area contributed by atoms with Gasteiger partial charge in [-0.05, 0) is 19.3 Å². The molecule has 1 aliphatic heterocycles. The molecule has 0 amide bonds. The zero-order valence-electron chi connectivity index (χ0n) is 19.1. The van der Waals surface area contributed by atoms with E-state index in [-0.39, 0.29) is 0 Å². The van der Waals surface area contributed by atoms with Crippen molar-refractivity contribution >= 4 is 5.96 Å². The molecule has 0 radical (unpaired) electrons. The SMILES string of the molecule is CCCCNC(=NCc1nnc(C)n1C)NCC(C(CC)CC)N1CCOCC1. The zero-order chi connectivity index (χ0) is 21.1. The Labute approximate surface area is 176 Å². The lowest BCUT2D eigenvalue weighted by Crippen LogP contribution is -2.53. The van der Waals surface area contributed by atoms with Crippen LogP contribution < -0.4 is 10.6 Å². The number of aliphatic imine (C=N–C) groups is 1. The van der Waals surface area contributed by atoms with E-state index >= 15 is 0 Å². The quantitative estimate of drug-likeness (QED) is 0.332. The molecule has 8 heteroatoms. The fourth-order valence-corrected chi connectivity index (χ4v) is 3.83. The molecule has 8 nitrogen and oxygen atoms in total. The van der Waals surface area contributed by atoms with Gasteiger partial charge in [-0.1, -0.05) is 40.0 Å². The van der Waals surface area contributed by atoms with Crippen LogP contribution in [-0.4, -0.2) is 71.1 Å². The zero-order valence-corrected chi connectivity index (χ0v) is 19.1. The number of hydrogen-bond donors (Lipinski definition) is 2. The second-order valence-corrected chi connectivity index (χ2v) is 7.84. The summed E-state index contributed by atoms with van der Waals surface area (Å²) >= 11 is 0. The van der Waals surface area contributed by atoms with E-state index in [0.29, 0.717) is 18.5 Å². The predicted molar refractivity (Wildman–Crippen MR) is 118 cm³/mol. The number of nitrogens with zero attached hydrogens (tertiary/aromatic N) is 5. The molecular weight excluding hydrogens is 366 g/mol. The van der Waals surface area contributed by atoms with E-state index < -0.39 is 0 Å². The second kappa shape index (κ2) is 12.8. The molecule has 0 aliphatic carbocycles. The Morgan fingerprint density at radius 3 is 2.45 bits per heavy atom. The van der Waals surface area contributed by atoms with Gasteiger partial charge in [0, 0.05) is 39.3 Å². The summed E-state index contributed by atoms with van der Waals surface area (Å²) in [5, 5.41) is 15.5. The highest BCUT2D eigenvalue weighted by molar-refractivity contribution is 5.79. The first-order valence-corrected chi connectivity index (χ1v) is 11.3. The number of aryl methyl sites for hydroxylation is 1. The molecule has 0 aromatic carbocycles. The maximum atomic E-state index is 5.58. The molecule has 29 heavy (non-hydrogen) atoms. The number of unbranched alkanes of at least 4 members (excludes halogenated alkanes) is 1. The largest absolute Gasteiger partial charge is 0.379 e. The molecule has 1 aromatic heterocycles. The third kappa shape index (κ3) is 7.26. The van der Waals surface area contributed by atoms with Gasteiger partial charge in [0.1, 0.15) is 12.4 Å². The lowest BCUT2D eigenvalue weighted by atomic mass is 9.92. The molecule has 2 rings (SSSR count). The number of morpholine rings is 1. The lowest BCUT2D eigenvalue weighted by Gasteiger charge is -2.39. The van der Waals surface area contributed by atoms with Gasteiger partial charge in [0.25, 0.3) is 0 Å². The Hall–Kier alpha value is -1.67. The molecule has 2 N–H and O–H groups in total. The highest BCUT2D eigenvalue weighted by Crippen LogP contribution is 2.19. The number of aromatic nitrogens is 3. The van der Waals surface area contributed by atoms with Crippen molar-refractivity contribution in [2.75, 3.05) is 39.4 Å². The summed E-state index contributed by atoms with van der Waals surface area (Å²) in [6.07, 6.45) is 4.67. The van der Waals surface area contributed by atoms with E-state index in [9.17, 15) is 0 Å². The third-order valence-electron chi connectivity index (χ3n) is 5.97. The molecule has 1 fully saturated rings. The molecule has 1 aliphatic rings. The summed E-state index contributed by atoms with van der Waals surface area (Å²) in [7, 11) is 1.99. The van der Waals surface area contributed by atoms with Crippen molar-refractivity contribution < 1.29 is 4.74 Å². The first-order valence-electron chi connectivity index (χ1n) is 11.3. The summed E-state index contributed by atoms with van der Waals surface area (Å²) in [6, 6.07) is 0.490. The average molecular weight is 408 g/mol. The lowest BCUT2D eigenvalue weighted by molar-refractivity contribution is 0.00272. The first kappa shape index (κ1) is 23.6. The smallest absolute Gasteiger partial charge is 0.191 e. The van der Waals surface area contributed by atoms with E-state index in [1.165, 1.54) is 12.8 Å². The highest BCUT2D eigenvalue weighted by atomic mass is 16.5. The van der Waals surface area contributed by atoms with E-state index in [0.717, 1.165) is 69.8 Å². The van der Waals surface area contributed by atoms with Crippen LogP contribution in [0.15, 0.2) is 4.99 Å². The second-order valence-electron chi connectivity index (χ2n) is 7.84. The van der Waals surface area contributed by atoms with Crippen molar-refractivity contribution in [2.45, 2.75) is 66.0 Å². The van der Waals surface area contributed by atoms with Crippen molar-refractivity contribution in [3.63, 3.8) is 0 Å². The number of nitrogens with one attached hydrogen (secondary N) is 2. The van der Waals surface area contributed by atoms with Gasteiger partial charge in [-0.25, -0.2) is 4.99 Å². The number of ether oxygens (including phenoxy) is 1. The van der Waals surface area contributed by atoms with Crippen LogP contribution in [0.5, 0.6) is 0 Å². The van der Waals surface area contributed by atoms with Crippen LogP contribution in [0.1, 0.15) is 58.1 Å². The maximum Gasteiger partial charge on any atom is 0.191 e. The third-order valence-corrected chi connectivity index (χ3v) is 5.97. The van der Waals surface area contributed by atoms with Crippen LogP contribution >= 0.6 is 0 Å².